The molecule has 0 aliphatic carbocycles. The SMILES string of the molecule is C=C/C(=C\C(C)C)c1cccc(C)c1.CC.CCCCCCc1ccc(-c2cccc(-c3ccc(C)cc3)c2)cc1. The number of hydrogen-bond donors (Lipinski definition) is 0. The Bertz CT molecular complexity index is 1320. The van der Waals surface area contributed by atoms with E-state index >= 15 is 0 Å². The second-order valence-corrected chi connectivity index (χ2v) is 10.9. The largest absolute Gasteiger partial charge is 0.0985 e. The molecular formula is C41H52. The summed E-state index contributed by atoms with van der Waals surface area (Å²) in [4.78, 5) is 0. The van der Waals surface area contributed by atoms with Crippen molar-refractivity contribution in [3.05, 3.63) is 138 Å². The Hall–Kier alpha value is -3.64. The van der Waals surface area contributed by atoms with Crippen LogP contribution in [-0.2, 0) is 6.42 Å². The van der Waals surface area contributed by atoms with Gasteiger partial charge in [0.05, 0.1) is 0 Å². The number of allylic oxidation sites excluding steroid dienone is 3. The summed E-state index contributed by atoms with van der Waals surface area (Å²) >= 11 is 0. The van der Waals surface area contributed by atoms with Crippen LogP contribution in [0.4, 0.5) is 0 Å². The van der Waals surface area contributed by atoms with Crippen molar-refractivity contribution in [3.8, 4) is 22.3 Å². The summed E-state index contributed by atoms with van der Waals surface area (Å²) in [6.45, 7) is 18.7. The maximum absolute atomic E-state index is 3.85. The van der Waals surface area contributed by atoms with Crippen LogP contribution in [0.2, 0.25) is 0 Å². The molecule has 0 heteroatoms. The zero-order chi connectivity index (χ0) is 30.0. The van der Waals surface area contributed by atoms with Gasteiger partial charge in [-0.15, -0.1) is 0 Å². The number of benzene rings is 4. The molecule has 0 bridgehead atoms. The van der Waals surface area contributed by atoms with Gasteiger partial charge in [0.15, 0.2) is 0 Å². The first kappa shape index (κ1) is 33.6. The minimum absolute atomic E-state index is 0.559. The summed E-state index contributed by atoms with van der Waals surface area (Å²) in [7, 11) is 0. The highest BCUT2D eigenvalue weighted by Crippen LogP contribution is 2.27. The average Bonchev–Trinajstić information content (AvgIpc) is 3.00. The first-order valence-corrected chi connectivity index (χ1v) is 15.6. The number of aryl methyl sites for hydroxylation is 3. The lowest BCUT2D eigenvalue weighted by atomic mass is 9.97. The maximum atomic E-state index is 3.85. The topological polar surface area (TPSA) is 0 Å². The van der Waals surface area contributed by atoms with E-state index in [1.54, 1.807) is 0 Å². The molecule has 0 atom stereocenters. The Morgan fingerprint density at radius 1 is 0.659 bits per heavy atom. The first-order valence-electron chi connectivity index (χ1n) is 15.6. The predicted octanol–water partition coefficient (Wildman–Crippen LogP) is 12.7. The van der Waals surface area contributed by atoms with Crippen LogP contribution in [0.5, 0.6) is 0 Å². The Labute approximate surface area is 251 Å². The molecule has 0 aliphatic heterocycles. The molecule has 4 rings (SSSR count). The molecule has 0 saturated carbocycles. The third-order valence-corrected chi connectivity index (χ3v) is 6.94. The Kier molecular flexibility index (Phi) is 15.3. The van der Waals surface area contributed by atoms with Crippen molar-refractivity contribution >= 4 is 5.57 Å². The van der Waals surface area contributed by atoms with Crippen LogP contribution in [-0.4, -0.2) is 0 Å². The lowest BCUT2D eigenvalue weighted by molar-refractivity contribution is 0.667. The van der Waals surface area contributed by atoms with Gasteiger partial charge >= 0.3 is 0 Å². The van der Waals surface area contributed by atoms with Crippen LogP contribution < -0.4 is 0 Å². The minimum atomic E-state index is 0.559. The molecule has 0 aliphatic rings. The van der Waals surface area contributed by atoms with Crippen molar-refractivity contribution in [2.24, 2.45) is 5.92 Å². The van der Waals surface area contributed by atoms with Crippen molar-refractivity contribution in [2.45, 2.75) is 80.6 Å². The van der Waals surface area contributed by atoms with Gasteiger partial charge in [0, 0.05) is 0 Å². The van der Waals surface area contributed by atoms with E-state index in [9.17, 15) is 0 Å². The van der Waals surface area contributed by atoms with Crippen LogP contribution >= 0.6 is 0 Å². The Balaban J connectivity index is 0.000000312. The highest BCUT2D eigenvalue weighted by molar-refractivity contribution is 5.74. The van der Waals surface area contributed by atoms with Crippen molar-refractivity contribution in [2.75, 3.05) is 0 Å². The number of hydrogen-bond acceptors (Lipinski definition) is 0. The summed E-state index contributed by atoms with van der Waals surface area (Å²) in [5, 5.41) is 0. The number of unbranched alkanes of at least 4 members (excludes halogenated alkanes) is 3. The molecule has 0 aromatic heterocycles. The average molecular weight is 545 g/mol. The van der Waals surface area contributed by atoms with Gasteiger partial charge in [0.25, 0.3) is 0 Å². The van der Waals surface area contributed by atoms with Crippen LogP contribution in [0.1, 0.15) is 82.6 Å². The van der Waals surface area contributed by atoms with E-state index in [2.05, 4.69) is 144 Å². The fraction of sp³-hybridized carbons (Fsp3) is 0.317. The third-order valence-electron chi connectivity index (χ3n) is 6.94. The van der Waals surface area contributed by atoms with Gasteiger partial charge in [-0.05, 0) is 77.6 Å². The smallest absolute Gasteiger partial charge is 0.0178 e. The molecule has 0 N–H and O–H groups in total. The van der Waals surface area contributed by atoms with Crippen LogP contribution in [0.25, 0.3) is 27.8 Å². The second kappa shape index (κ2) is 18.7. The highest BCUT2D eigenvalue weighted by atomic mass is 14.1. The van der Waals surface area contributed by atoms with Crippen molar-refractivity contribution in [3.63, 3.8) is 0 Å². The van der Waals surface area contributed by atoms with Crippen molar-refractivity contribution in [1.29, 1.82) is 0 Å². The molecule has 4 aromatic rings. The lowest BCUT2D eigenvalue weighted by Crippen LogP contribution is -1.87. The summed E-state index contributed by atoms with van der Waals surface area (Å²) < 4.78 is 0. The third kappa shape index (κ3) is 11.8. The van der Waals surface area contributed by atoms with E-state index in [0.29, 0.717) is 5.92 Å². The van der Waals surface area contributed by atoms with E-state index in [-0.39, 0.29) is 0 Å². The van der Waals surface area contributed by atoms with Crippen LogP contribution in [0, 0.1) is 19.8 Å². The van der Waals surface area contributed by atoms with Crippen molar-refractivity contribution in [1.82, 2.24) is 0 Å². The quantitative estimate of drug-likeness (QED) is 0.138. The highest BCUT2D eigenvalue weighted by Gasteiger charge is 2.03. The van der Waals surface area contributed by atoms with Crippen LogP contribution in [0.15, 0.2) is 116 Å². The zero-order valence-corrected chi connectivity index (χ0v) is 26.7. The summed E-state index contributed by atoms with van der Waals surface area (Å²) in [5.74, 6) is 0.559. The van der Waals surface area contributed by atoms with Crippen LogP contribution in [0.3, 0.4) is 0 Å². The molecule has 0 fully saturated rings. The molecule has 0 spiro atoms. The lowest BCUT2D eigenvalue weighted by Gasteiger charge is -2.08. The second-order valence-electron chi connectivity index (χ2n) is 10.9. The molecule has 0 radical (unpaired) electrons. The van der Waals surface area contributed by atoms with E-state index in [0.717, 1.165) is 0 Å². The van der Waals surface area contributed by atoms with Crippen molar-refractivity contribution < 1.29 is 0 Å². The standard InChI is InChI=1S/C25H28.C14H18.C2H6/c1-3-4-5-6-8-21-13-17-23(18-14-21)25-10-7-9-24(19-25)22-15-11-20(2)12-16-22;1-5-13(9-11(2)3)14-8-6-7-12(4)10-14;1-2/h7,9-19H,3-6,8H2,1-2H3;5-11H,1H2,2-4H3;1-2H3/b;13-9+;. The molecule has 41 heavy (non-hydrogen) atoms. The molecule has 0 unspecified atom stereocenters. The first-order chi connectivity index (χ1) is 19.9. The van der Waals surface area contributed by atoms with E-state index in [4.69, 9.17) is 0 Å². The molecule has 4 aromatic carbocycles. The van der Waals surface area contributed by atoms with E-state index < -0.39 is 0 Å². The number of rotatable bonds is 10. The van der Waals surface area contributed by atoms with Gasteiger partial charge in [-0.1, -0.05) is 175 Å². The van der Waals surface area contributed by atoms with Gasteiger partial charge in [0.1, 0.15) is 0 Å². The van der Waals surface area contributed by atoms with E-state index in [1.165, 1.54) is 82.2 Å². The molecule has 0 saturated heterocycles. The summed E-state index contributed by atoms with van der Waals surface area (Å²) in [6.07, 6.45) is 10.7. The fourth-order valence-corrected chi connectivity index (χ4v) is 4.71. The zero-order valence-electron chi connectivity index (χ0n) is 26.7. The molecular weight excluding hydrogens is 492 g/mol. The Morgan fingerprint density at radius 2 is 1.24 bits per heavy atom. The van der Waals surface area contributed by atoms with Gasteiger partial charge in [0.2, 0.25) is 0 Å². The van der Waals surface area contributed by atoms with E-state index in [1.807, 2.05) is 19.9 Å². The fourth-order valence-electron chi connectivity index (χ4n) is 4.71. The Morgan fingerprint density at radius 3 is 1.78 bits per heavy atom. The molecule has 0 nitrogen and oxygen atoms in total. The predicted molar refractivity (Wildman–Crippen MR) is 185 cm³/mol. The summed E-state index contributed by atoms with van der Waals surface area (Å²) in [5.41, 5.74) is 11.7. The summed E-state index contributed by atoms with van der Waals surface area (Å²) in [6, 6.07) is 35.2. The van der Waals surface area contributed by atoms with Gasteiger partial charge in [-0.25, -0.2) is 0 Å². The maximum Gasteiger partial charge on any atom is -0.0178 e. The van der Waals surface area contributed by atoms with Gasteiger partial charge < -0.3 is 0 Å². The molecule has 0 amide bonds. The monoisotopic (exact) mass is 544 g/mol. The van der Waals surface area contributed by atoms with Gasteiger partial charge in [-0.2, -0.15) is 0 Å². The van der Waals surface area contributed by atoms with Gasteiger partial charge in [-0.3, -0.25) is 0 Å². The normalized spacial score (nSPS) is 10.8. The molecule has 0 heterocycles. The molecule has 216 valence electrons. The minimum Gasteiger partial charge on any atom is -0.0985 e.